The molecular formula is C13H17FO3. The molecule has 0 amide bonds. The first-order chi connectivity index (χ1) is 8.12. The van der Waals surface area contributed by atoms with E-state index in [4.69, 9.17) is 4.74 Å². The van der Waals surface area contributed by atoms with Crippen molar-refractivity contribution in [2.75, 3.05) is 14.2 Å². The fraction of sp³-hybridized carbons (Fsp3) is 0.462. The van der Waals surface area contributed by atoms with Crippen molar-refractivity contribution < 1.29 is 18.7 Å². The predicted octanol–water partition coefficient (Wildman–Crippen LogP) is 2.89. The maximum absolute atomic E-state index is 13.1. The molecule has 0 saturated carbocycles. The number of methoxy groups -OCH3 is 2. The molecule has 4 heteroatoms. The molecule has 0 bridgehead atoms. The Balaban J connectivity index is 2.98. The number of halogens is 1. The lowest BCUT2D eigenvalue weighted by Gasteiger charge is -2.17. The monoisotopic (exact) mass is 240 g/mol. The molecule has 1 aromatic rings. The number of rotatable bonds is 5. The van der Waals surface area contributed by atoms with Gasteiger partial charge < -0.3 is 9.47 Å². The van der Waals surface area contributed by atoms with E-state index in [9.17, 15) is 9.18 Å². The summed E-state index contributed by atoms with van der Waals surface area (Å²) in [5.74, 6) is -0.166. The van der Waals surface area contributed by atoms with Crippen LogP contribution in [0.3, 0.4) is 0 Å². The smallest absolute Gasteiger partial charge is 0.306 e. The Hall–Kier alpha value is -1.58. The van der Waals surface area contributed by atoms with Crippen molar-refractivity contribution in [3.8, 4) is 5.75 Å². The highest BCUT2D eigenvalue weighted by atomic mass is 19.1. The quantitative estimate of drug-likeness (QED) is 0.742. The summed E-state index contributed by atoms with van der Waals surface area (Å²) < 4.78 is 22.8. The molecule has 1 rings (SSSR count). The van der Waals surface area contributed by atoms with Crippen LogP contribution in [0.15, 0.2) is 18.2 Å². The molecule has 0 aliphatic heterocycles. The minimum absolute atomic E-state index is 0.0157. The Kier molecular flexibility index (Phi) is 4.94. The highest BCUT2D eigenvalue weighted by Gasteiger charge is 2.18. The van der Waals surface area contributed by atoms with Gasteiger partial charge in [0.15, 0.2) is 0 Å². The Morgan fingerprint density at radius 3 is 2.65 bits per heavy atom. The van der Waals surface area contributed by atoms with Crippen molar-refractivity contribution in [2.45, 2.75) is 25.7 Å². The van der Waals surface area contributed by atoms with Crippen LogP contribution >= 0.6 is 0 Å². The van der Waals surface area contributed by atoms with Crippen LogP contribution in [0.2, 0.25) is 0 Å². The second kappa shape index (κ2) is 6.23. The van der Waals surface area contributed by atoms with Gasteiger partial charge in [0.25, 0.3) is 0 Å². The average Bonchev–Trinajstić information content (AvgIpc) is 2.35. The minimum Gasteiger partial charge on any atom is -0.496 e. The molecule has 17 heavy (non-hydrogen) atoms. The van der Waals surface area contributed by atoms with E-state index in [0.29, 0.717) is 5.75 Å². The third-order valence-electron chi connectivity index (χ3n) is 2.77. The molecule has 94 valence electrons. The lowest BCUT2D eigenvalue weighted by molar-refractivity contribution is -0.141. The van der Waals surface area contributed by atoms with Gasteiger partial charge in [-0.25, -0.2) is 4.39 Å². The number of hydrogen-bond donors (Lipinski definition) is 0. The predicted molar refractivity (Wildman–Crippen MR) is 62.6 cm³/mol. The van der Waals surface area contributed by atoms with Crippen molar-refractivity contribution in [3.63, 3.8) is 0 Å². The molecule has 0 aromatic heterocycles. The summed E-state index contributed by atoms with van der Waals surface area (Å²) >= 11 is 0. The Labute approximate surface area is 101 Å². The van der Waals surface area contributed by atoms with E-state index in [1.54, 1.807) is 6.07 Å². The van der Waals surface area contributed by atoms with Crippen LogP contribution in [-0.4, -0.2) is 20.2 Å². The molecule has 0 unspecified atom stereocenters. The van der Waals surface area contributed by atoms with E-state index >= 15 is 0 Å². The normalized spacial score (nSPS) is 12.0. The molecule has 0 N–H and O–H groups in total. The number of ether oxygens (including phenoxy) is 2. The van der Waals surface area contributed by atoms with Crippen molar-refractivity contribution in [1.82, 2.24) is 0 Å². The van der Waals surface area contributed by atoms with Gasteiger partial charge in [0, 0.05) is 6.07 Å². The van der Waals surface area contributed by atoms with Crippen LogP contribution < -0.4 is 4.74 Å². The highest BCUT2D eigenvalue weighted by molar-refractivity contribution is 5.70. The molecule has 0 fully saturated rings. The summed E-state index contributed by atoms with van der Waals surface area (Å²) in [6.45, 7) is 1.97. The molecule has 0 radical (unpaired) electrons. The molecule has 1 aromatic carbocycles. The van der Waals surface area contributed by atoms with Gasteiger partial charge in [-0.3, -0.25) is 4.79 Å². The molecule has 0 saturated heterocycles. The van der Waals surface area contributed by atoms with Crippen molar-refractivity contribution in [3.05, 3.63) is 29.6 Å². The zero-order chi connectivity index (χ0) is 12.8. The molecule has 0 aliphatic carbocycles. The Bertz CT molecular complexity index is 390. The van der Waals surface area contributed by atoms with E-state index in [2.05, 4.69) is 4.74 Å². The van der Waals surface area contributed by atoms with Gasteiger partial charge in [0.2, 0.25) is 0 Å². The topological polar surface area (TPSA) is 35.5 Å². The third kappa shape index (κ3) is 3.44. The van der Waals surface area contributed by atoms with Gasteiger partial charge in [-0.15, -0.1) is 0 Å². The minimum atomic E-state index is -0.349. The molecule has 0 heterocycles. The van der Waals surface area contributed by atoms with Crippen LogP contribution in [0, 0.1) is 5.82 Å². The standard InChI is InChI=1S/C13H17FO3/c1-4-9(7-13(15)17-3)11-6-5-10(14)8-12(11)16-2/h5-6,8-9H,4,7H2,1-3H3/t9-/m0/s1. The number of esters is 1. The van der Waals surface area contributed by atoms with Gasteiger partial charge in [0.1, 0.15) is 11.6 Å². The fourth-order valence-corrected chi connectivity index (χ4v) is 1.78. The summed E-state index contributed by atoms with van der Waals surface area (Å²) in [5, 5.41) is 0. The van der Waals surface area contributed by atoms with E-state index in [-0.39, 0.29) is 24.1 Å². The van der Waals surface area contributed by atoms with E-state index < -0.39 is 0 Å². The van der Waals surface area contributed by atoms with Gasteiger partial charge >= 0.3 is 5.97 Å². The zero-order valence-electron chi connectivity index (χ0n) is 10.3. The van der Waals surface area contributed by atoms with Gasteiger partial charge in [-0.1, -0.05) is 13.0 Å². The number of carbonyl (C=O) groups excluding carboxylic acids is 1. The van der Waals surface area contributed by atoms with E-state index in [1.165, 1.54) is 26.4 Å². The molecule has 0 spiro atoms. The number of hydrogen-bond acceptors (Lipinski definition) is 3. The molecule has 3 nitrogen and oxygen atoms in total. The average molecular weight is 240 g/mol. The first-order valence-corrected chi connectivity index (χ1v) is 5.52. The maximum atomic E-state index is 13.1. The highest BCUT2D eigenvalue weighted by Crippen LogP contribution is 2.32. The largest absolute Gasteiger partial charge is 0.496 e. The molecular weight excluding hydrogens is 223 g/mol. The zero-order valence-corrected chi connectivity index (χ0v) is 10.3. The van der Waals surface area contributed by atoms with Crippen LogP contribution in [-0.2, 0) is 9.53 Å². The van der Waals surface area contributed by atoms with Gasteiger partial charge in [-0.2, -0.15) is 0 Å². The summed E-state index contributed by atoms with van der Waals surface area (Å²) in [6, 6.07) is 4.36. The SMILES string of the molecule is CC[C@@H](CC(=O)OC)c1ccc(F)cc1OC. The van der Waals surface area contributed by atoms with Crippen LogP contribution in [0.4, 0.5) is 4.39 Å². The number of carbonyl (C=O) groups is 1. The number of benzene rings is 1. The second-order valence-electron chi connectivity index (χ2n) is 3.77. The van der Waals surface area contributed by atoms with Crippen LogP contribution in [0.1, 0.15) is 31.2 Å². The summed E-state index contributed by atoms with van der Waals surface area (Å²) in [7, 11) is 2.85. The van der Waals surface area contributed by atoms with Crippen LogP contribution in [0.25, 0.3) is 0 Å². The van der Waals surface area contributed by atoms with E-state index in [1.807, 2.05) is 6.92 Å². The second-order valence-corrected chi connectivity index (χ2v) is 3.77. The first kappa shape index (κ1) is 13.5. The summed E-state index contributed by atoms with van der Waals surface area (Å²) in [4.78, 5) is 11.3. The third-order valence-corrected chi connectivity index (χ3v) is 2.77. The summed E-state index contributed by atoms with van der Waals surface area (Å²) in [5.41, 5.74) is 0.835. The molecule has 0 aliphatic rings. The fourth-order valence-electron chi connectivity index (χ4n) is 1.78. The van der Waals surface area contributed by atoms with Gasteiger partial charge in [-0.05, 0) is 24.0 Å². The van der Waals surface area contributed by atoms with Gasteiger partial charge in [0.05, 0.1) is 20.6 Å². The molecule has 1 atom stereocenters. The van der Waals surface area contributed by atoms with Crippen molar-refractivity contribution >= 4 is 5.97 Å². The van der Waals surface area contributed by atoms with Crippen molar-refractivity contribution in [2.24, 2.45) is 0 Å². The first-order valence-electron chi connectivity index (χ1n) is 5.52. The Morgan fingerprint density at radius 2 is 2.12 bits per heavy atom. The lowest BCUT2D eigenvalue weighted by atomic mass is 9.92. The lowest BCUT2D eigenvalue weighted by Crippen LogP contribution is -2.09. The van der Waals surface area contributed by atoms with E-state index in [0.717, 1.165) is 12.0 Å². The Morgan fingerprint density at radius 1 is 1.41 bits per heavy atom. The van der Waals surface area contributed by atoms with Crippen LogP contribution in [0.5, 0.6) is 5.75 Å². The maximum Gasteiger partial charge on any atom is 0.306 e. The summed E-state index contributed by atoms with van der Waals surface area (Å²) in [6.07, 6.45) is 1.03. The van der Waals surface area contributed by atoms with Crippen molar-refractivity contribution in [1.29, 1.82) is 0 Å².